The fraction of sp³-hybridized carbons (Fsp3) is 0.333. The van der Waals surface area contributed by atoms with Crippen molar-refractivity contribution < 1.29 is 13.9 Å². The van der Waals surface area contributed by atoms with Crippen LogP contribution in [0.5, 0.6) is 0 Å². The van der Waals surface area contributed by atoms with E-state index in [1.54, 1.807) is 0 Å². The van der Waals surface area contributed by atoms with Crippen LogP contribution in [0.15, 0.2) is 18.2 Å². The van der Waals surface area contributed by atoms with Gasteiger partial charge in [-0.2, -0.15) is 0 Å². The van der Waals surface area contributed by atoms with E-state index in [-0.39, 0.29) is 19.0 Å². The standard InChI is InChI=1S/C9H11F2NO.ClH/c10-8-2-1-6(4-9(8)11)3-7(12)5-13;/h1-2,4,7,13H,3,5,12H2;1H/t7-;/m1./s1. The van der Waals surface area contributed by atoms with E-state index in [0.717, 1.165) is 12.1 Å². The lowest BCUT2D eigenvalue weighted by molar-refractivity contribution is 0.265. The van der Waals surface area contributed by atoms with Crippen molar-refractivity contribution in [3.63, 3.8) is 0 Å². The molecule has 0 aliphatic rings. The van der Waals surface area contributed by atoms with E-state index in [9.17, 15) is 8.78 Å². The summed E-state index contributed by atoms with van der Waals surface area (Å²) in [5, 5.41) is 8.63. The number of halogens is 3. The summed E-state index contributed by atoms with van der Waals surface area (Å²) in [6, 6.07) is 3.16. The lowest BCUT2D eigenvalue weighted by atomic mass is 10.1. The van der Waals surface area contributed by atoms with Crippen LogP contribution in [0.25, 0.3) is 0 Å². The first kappa shape index (κ1) is 13.3. The Bertz CT molecular complexity index is 296. The van der Waals surface area contributed by atoms with Gasteiger partial charge in [0.1, 0.15) is 0 Å². The van der Waals surface area contributed by atoms with Gasteiger partial charge < -0.3 is 10.8 Å². The molecule has 0 aliphatic carbocycles. The molecule has 2 nitrogen and oxygen atoms in total. The lowest BCUT2D eigenvalue weighted by Crippen LogP contribution is -2.26. The second-order valence-corrected chi connectivity index (χ2v) is 2.90. The van der Waals surface area contributed by atoms with Crippen LogP contribution in [0.2, 0.25) is 0 Å². The number of rotatable bonds is 3. The highest BCUT2D eigenvalue weighted by atomic mass is 35.5. The molecule has 0 saturated heterocycles. The minimum Gasteiger partial charge on any atom is -0.395 e. The van der Waals surface area contributed by atoms with Crippen LogP contribution in [0.3, 0.4) is 0 Å². The van der Waals surface area contributed by atoms with Gasteiger partial charge in [-0.15, -0.1) is 12.4 Å². The van der Waals surface area contributed by atoms with Gasteiger partial charge >= 0.3 is 0 Å². The molecule has 3 N–H and O–H groups in total. The van der Waals surface area contributed by atoms with Crippen molar-refractivity contribution in [1.82, 2.24) is 0 Å². The fourth-order valence-corrected chi connectivity index (χ4v) is 1.03. The van der Waals surface area contributed by atoms with Crippen molar-refractivity contribution in [1.29, 1.82) is 0 Å². The molecular formula is C9H12ClF2NO. The molecule has 14 heavy (non-hydrogen) atoms. The van der Waals surface area contributed by atoms with Crippen LogP contribution >= 0.6 is 12.4 Å². The maximum Gasteiger partial charge on any atom is 0.159 e. The smallest absolute Gasteiger partial charge is 0.159 e. The third-order valence-corrected chi connectivity index (χ3v) is 1.72. The highest BCUT2D eigenvalue weighted by Gasteiger charge is 2.05. The number of nitrogens with two attached hydrogens (primary N) is 1. The molecule has 1 aromatic carbocycles. The van der Waals surface area contributed by atoms with Gasteiger partial charge in [0.25, 0.3) is 0 Å². The van der Waals surface area contributed by atoms with Gasteiger partial charge in [0.15, 0.2) is 11.6 Å². The molecule has 0 unspecified atom stereocenters. The molecule has 5 heteroatoms. The van der Waals surface area contributed by atoms with E-state index in [4.69, 9.17) is 10.8 Å². The Morgan fingerprint density at radius 2 is 1.93 bits per heavy atom. The molecule has 0 aliphatic heterocycles. The topological polar surface area (TPSA) is 46.2 Å². The van der Waals surface area contributed by atoms with Crippen molar-refractivity contribution in [3.05, 3.63) is 35.4 Å². The molecule has 0 saturated carbocycles. The highest BCUT2D eigenvalue weighted by Crippen LogP contribution is 2.09. The summed E-state index contributed by atoms with van der Waals surface area (Å²) in [6.07, 6.45) is 0.341. The minimum absolute atomic E-state index is 0. The first-order chi connectivity index (χ1) is 6.13. The minimum atomic E-state index is -0.886. The average molecular weight is 224 g/mol. The summed E-state index contributed by atoms with van der Waals surface area (Å²) in [5.41, 5.74) is 6.01. The van der Waals surface area contributed by atoms with Crippen LogP contribution in [0.1, 0.15) is 5.56 Å². The zero-order chi connectivity index (χ0) is 9.84. The van der Waals surface area contributed by atoms with Crippen LogP contribution in [-0.4, -0.2) is 17.8 Å². The summed E-state index contributed by atoms with van der Waals surface area (Å²) in [7, 11) is 0. The second-order valence-electron chi connectivity index (χ2n) is 2.90. The molecule has 0 radical (unpaired) electrons. The fourth-order valence-electron chi connectivity index (χ4n) is 1.03. The Hall–Kier alpha value is -0.710. The number of hydrogen-bond acceptors (Lipinski definition) is 2. The SMILES string of the molecule is Cl.N[C@@H](CO)Cc1ccc(F)c(F)c1. The Kier molecular flexibility index (Phi) is 5.60. The van der Waals surface area contributed by atoms with Crippen LogP contribution in [0.4, 0.5) is 8.78 Å². The van der Waals surface area contributed by atoms with Gasteiger partial charge in [0.2, 0.25) is 0 Å². The molecular weight excluding hydrogens is 212 g/mol. The zero-order valence-corrected chi connectivity index (χ0v) is 8.23. The molecule has 1 atom stereocenters. The Morgan fingerprint density at radius 1 is 1.29 bits per heavy atom. The maximum atomic E-state index is 12.7. The Balaban J connectivity index is 0.00000169. The normalized spacial score (nSPS) is 12.0. The molecule has 0 amide bonds. The quantitative estimate of drug-likeness (QED) is 0.810. The van der Waals surface area contributed by atoms with Crippen molar-refractivity contribution in [3.8, 4) is 0 Å². The summed E-state index contributed by atoms with van der Waals surface area (Å²) in [4.78, 5) is 0. The van der Waals surface area contributed by atoms with Crippen molar-refractivity contribution in [2.24, 2.45) is 5.73 Å². The van der Waals surface area contributed by atoms with Crippen LogP contribution in [-0.2, 0) is 6.42 Å². The van der Waals surface area contributed by atoms with Crippen molar-refractivity contribution in [2.45, 2.75) is 12.5 Å². The molecule has 1 rings (SSSR count). The number of hydrogen-bond donors (Lipinski definition) is 2. The maximum absolute atomic E-state index is 12.7. The van der Waals surface area contributed by atoms with Crippen LogP contribution < -0.4 is 5.73 Å². The molecule has 0 spiro atoms. The predicted molar refractivity (Wildman–Crippen MR) is 52.4 cm³/mol. The van der Waals surface area contributed by atoms with Crippen molar-refractivity contribution in [2.75, 3.05) is 6.61 Å². The molecule has 1 aromatic rings. The highest BCUT2D eigenvalue weighted by molar-refractivity contribution is 5.85. The van der Waals surface area contributed by atoms with Gasteiger partial charge in [0, 0.05) is 6.04 Å². The van der Waals surface area contributed by atoms with Gasteiger partial charge in [-0.3, -0.25) is 0 Å². The Morgan fingerprint density at radius 3 is 2.43 bits per heavy atom. The largest absolute Gasteiger partial charge is 0.395 e. The first-order valence-corrected chi connectivity index (χ1v) is 3.94. The van der Waals surface area contributed by atoms with Gasteiger partial charge in [0.05, 0.1) is 6.61 Å². The number of aliphatic hydroxyl groups is 1. The third kappa shape index (κ3) is 3.57. The van der Waals surface area contributed by atoms with E-state index >= 15 is 0 Å². The number of aliphatic hydroxyl groups excluding tert-OH is 1. The summed E-state index contributed by atoms with van der Waals surface area (Å²) in [5.74, 6) is -1.76. The van der Waals surface area contributed by atoms with E-state index in [1.165, 1.54) is 6.07 Å². The third-order valence-electron chi connectivity index (χ3n) is 1.72. The summed E-state index contributed by atoms with van der Waals surface area (Å²) < 4.78 is 25.1. The predicted octanol–water partition coefficient (Wildman–Crippen LogP) is 1.25. The van der Waals surface area contributed by atoms with Crippen LogP contribution in [0, 0.1) is 11.6 Å². The monoisotopic (exact) mass is 223 g/mol. The van der Waals surface area contributed by atoms with Gasteiger partial charge in [-0.05, 0) is 24.1 Å². The van der Waals surface area contributed by atoms with E-state index in [0.29, 0.717) is 12.0 Å². The van der Waals surface area contributed by atoms with Crippen molar-refractivity contribution >= 4 is 12.4 Å². The van der Waals surface area contributed by atoms with E-state index in [2.05, 4.69) is 0 Å². The van der Waals surface area contributed by atoms with E-state index < -0.39 is 17.7 Å². The average Bonchev–Trinajstić information content (AvgIpc) is 2.11. The molecule has 0 bridgehead atoms. The summed E-state index contributed by atoms with van der Waals surface area (Å²) >= 11 is 0. The summed E-state index contributed by atoms with van der Waals surface area (Å²) in [6.45, 7) is -0.168. The molecule has 0 fully saturated rings. The molecule has 80 valence electrons. The van der Waals surface area contributed by atoms with E-state index in [1.807, 2.05) is 0 Å². The Labute approximate surface area is 87.1 Å². The zero-order valence-electron chi connectivity index (χ0n) is 7.41. The first-order valence-electron chi connectivity index (χ1n) is 3.94. The number of benzene rings is 1. The lowest BCUT2D eigenvalue weighted by Gasteiger charge is -2.07. The molecule has 0 heterocycles. The molecule has 0 aromatic heterocycles. The van der Waals surface area contributed by atoms with Gasteiger partial charge in [-0.25, -0.2) is 8.78 Å². The van der Waals surface area contributed by atoms with Gasteiger partial charge in [-0.1, -0.05) is 6.07 Å². The second kappa shape index (κ2) is 5.90.